The van der Waals surface area contributed by atoms with Crippen LogP contribution in [-0.2, 0) is 14.3 Å². The van der Waals surface area contributed by atoms with E-state index in [1.165, 1.54) is 7.11 Å². The Morgan fingerprint density at radius 1 is 1.03 bits per heavy atom. The SMILES string of the molecule is COC(=O)N=C(N)c1ccc(N2CCN(C(=O)N(C)C3CCC(C(=O)OC(C)C)CC3)CC2)cc1. The molecule has 2 fully saturated rings. The Hall–Kier alpha value is -3.30. The Kier molecular flexibility index (Phi) is 8.95. The lowest BCUT2D eigenvalue weighted by molar-refractivity contribution is -0.153. The number of ether oxygens (including phenoxy) is 2. The molecule has 1 saturated carbocycles. The van der Waals surface area contributed by atoms with Crippen molar-refractivity contribution in [3.05, 3.63) is 29.8 Å². The van der Waals surface area contributed by atoms with Crippen LogP contribution in [0.5, 0.6) is 0 Å². The van der Waals surface area contributed by atoms with Crippen molar-refractivity contribution in [3.63, 3.8) is 0 Å². The van der Waals surface area contributed by atoms with Gasteiger partial charge < -0.3 is 29.9 Å². The summed E-state index contributed by atoms with van der Waals surface area (Å²) in [6.07, 6.45) is 2.31. The minimum absolute atomic E-state index is 0.0417. The number of amides is 3. The van der Waals surface area contributed by atoms with Crippen LogP contribution < -0.4 is 10.6 Å². The summed E-state index contributed by atoms with van der Waals surface area (Å²) >= 11 is 0. The van der Waals surface area contributed by atoms with Gasteiger partial charge in [-0.2, -0.15) is 4.99 Å². The number of benzene rings is 1. The van der Waals surface area contributed by atoms with Crippen LogP contribution >= 0.6 is 0 Å². The number of esters is 1. The summed E-state index contributed by atoms with van der Waals surface area (Å²) in [5.41, 5.74) is 7.51. The van der Waals surface area contributed by atoms with Crippen molar-refractivity contribution in [1.82, 2.24) is 9.80 Å². The zero-order valence-electron chi connectivity index (χ0n) is 21.1. The minimum Gasteiger partial charge on any atom is -0.463 e. The monoisotopic (exact) mass is 487 g/mol. The molecule has 1 aliphatic carbocycles. The molecule has 1 aromatic rings. The van der Waals surface area contributed by atoms with E-state index in [9.17, 15) is 14.4 Å². The fourth-order valence-corrected chi connectivity index (χ4v) is 4.61. The number of amidine groups is 1. The van der Waals surface area contributed by atoms with Crippen molar-refractivity contribution in [1.29, 1.82) is 0 Å². The molecule has 0 atom stereocenters. The second kappa shape index (κ2) is 11.9. The van der Waals surface area contributed by atoms with E-state index in [4.69, 9.17) is 10.5 Å². The summed E-state index contributed by atoms with van der Waals surface area (Å²) in [7, 11) is 3.12. The predicted molar refractivity (Wildman–Crippen MR) is 133 cm³/mol. The Morgan fingerprint density at radius 2 is 1.63 bits per heavy atom. The highest BCUT2D eigenvalue weighted by Crippen LogP contribution is 2.29. The molecule has 1 aliphatic heterocycles. The maximum absolute atomic E-state index is 13.1. The first kappa shape index (κ1) is 26.3. The van der Waals surface area contributed by atoms with Crippen molar-refractivity contribution >= 4 is 29.6 Å². The Bertz CT molecular complexity index is 917. The van der Waals surface area contributed by atoms with Gasteiger partial charge in [-0.05, 0) is 63.8 Å². The van der Waals surface area contributed by atoms with Crippen LogP contribution in [0.3, 0.4) is 0 Å². The first-order valence-electron chi connectivity index (χ1n) is 12.2. The molecule has 10 heteroatoms. The highest BCUT2D eigenvalue weighted by atomic mass is 16.5. The van der Waals surface area contributed by atoms with Crippen molar-refractivity contribution in [2.45, 2.75) is 51.7 Å². The van der Waals surface area contributed by atoms with Crippen LogP contribution in [0.25, 0.3) is 0 Å². The number of rotatable bonds is 5. The van der Waals surface area contributed by atoms with Gasteiger partial charge in [-0.25, -0.2) is 9.59 Å². The third-order valence-electron chi connectivity index (χ3n) is 6.70. The highest BCUT2D eigenvalue weighted by Gasteiger charge is 2.33. The van der Waals surface area contributed by atoms with Crippen LogP contribution in [0.4, 0.5) is 15.3 Å². The van der Waals surface area contributed by atoms with Gasteiger partial charge in [0.2, 0.25) is 0 Å². The Balaban J connectivity index is 1.48. The predicted octanol–water partition coefficient (Wildman–Crippen LogP) is 2.84. The van der Waals surface area contributed by atoms with E-state index in [2.05, 4.69) is 14.6 Å². The number of hydrogen-bond donors (Lipinski definition) is 1. The lowest BCUT2D eigenvalue weighted by Gasteiger charge is -2.41. The summed E-state index contributed by atoms with van der Waals surface area (Å²) in [4.78, 5) is 46.2. The minimum atomic E-state index is -0.737. The number of carbonyl (C=O) groups excluding carboxylic acids is 3. The smallest absolute Gasteiger partial charge is 0.435 e. The first-order chi connectivity index (χ1) is 16.7. The summed E-state index contributed by atoms with van der Waals surface area (Å²) in [6, 6.07) is 7.68. The van der Waals surface area contributed by atoms with Crippen LogP contribution in [0.1, 0.15) is 45.1 Å². The molecule has 0 aromatic heterocycles. The molecular weight excluding hydrogens is 450 g/mol. The normalized spacial score (nSPS) is 21.0. The van der Waals surface area contributed by atoms with Crippen molar-refractivity contribution in [3.8, 4) is 0 Å². The molecule has 2 aliphatic rings. The van der Waals surface area contributed by atoms with Gasteiger partial charge in [0.1, 0.15) is 5.84 Å². The van der Waals surface area contributed by atoms with Gasteiger partial charge in [-0.15, -0.1) is 0 Å². The van der Waals surface area contributed by atoms with Crippen molar-refractivity contribution in [2.75, 3.05) is 45.2 Å². The van der Waals surface area contributed by atoms with Crippen LogP contribution in [0.2, 0.25) is 0 Å². The van der Waals surface area contributed by atoms with E-state index in [1.807, 2.05) is 55.0 Å². The number of methoxy groups -OCH3 is 1. The average molecular weight is 488 g/mol. The standard InChI is InChI=1S/C25H37N5O5/c1-17(2)35-23(31)19-7-9-20(10-8-19)28(3)25(33)30-15-13-29(14-16-30)21-11-5-18(6-12-21)22(26)27-24(32)34-4/h5-6,11-12,17,19-20H,7-10,13-16H2,1-4H3,(H2,26,27,32). The third kappa shape index (κ3) is 6.86. The fraction of sp³-hybridized carbons (Fsp3) is 0.600. The molecule has 3 rings (SSSR count). The molecule has 10 nitrogen and oxygen atoms in total. The number of nitrogens with two attached hydrogens (primary N) is 1. The maximum atomic E-state index is 13.1. The van der Waals surface area contributed by atoms with Crippen LogP contribution in [0.15, 0.2) is 29.3 Å². The maximum Gasteiger partial charge on any atom is 0.435 e. The fourth-order valence-electron chi connectivity index (χ4n) is 4.61. The molecule has 0 radical (unpaired) electrons. The topological polar surface area (TPSA) is 118 Å². The quantitative estimate of drug-likeness (QED) is 0.385. The molecule has 1 aromatic carbocycles. The number of nitrogens with zero attached hydrogens (tertiary/aromatic N) is 4. The second-order valence-electron chi connectivity index (χ2n) is 9.37. The van der Waals surface area contributed by atoms with E-state index >= 15 is 0 Å². The van der Waals surface area contributed by atoms with E-state index in [0.717, 1.165) is 44.5 Å². The molecule has 1 saturated heterocycles. The van der Waals surface area contributed by atoms with Gasteiger partial charge >= 0.3 is 18.1 Å². The van der Waals surface area contributed by atoms with Gasteiger partial charge in [0, 0.05) is 50.5 Å². The lowest BCUT2D eigenvalue weighted by Crippen LogP contribution is -2.54. The zero-order valence-corrected chi connectivity index (χ0v) is 21.1. The Morgan fingerprint density at radius 3 is 2.17 bits per heavy atom. The van der Waals surface area contributed by atoms with Gasteiger partial charge in [-0.1, -0.05) is 0 Å². The number of carbonyl (C=O) groups is 3. The van der Waals surface area contributed by atoms with Crippen LogP contribution in [-0.4, -0.2) is 86.2 Å². The summed E-state index contributed by atoms with van der Waals surface area (Å²) in [5.74, 6) is -0.0723. The van der Waals surface area contributed by atoms with Gasteiger partial charge in [0.25, 0.3) is 0 Å². The zero-order chi connectivity index (χ0) is 25.5. The van der Waals surface area contributed by atoms with E-state index in [-0.39, 0.29) is 35.9 Å². The summed E-state index contributed by atoms with van der Waals surface area (Å²) in [5, 5.41) is 0. The highest BCUT2D eigenvalue weighted by molar-refractivity contribution is 6.02. The number of piperazine rings is 1. The molecule has 35 heavy (non-hydrogen) atoms. The van der Waals surface area contributed by atoms with E-state index in [0.29, 0.717) is 18.7 Å². The average Bonchev–Trinajstić information content (AvgIpc) is 2.87. The number of hydrogen-bond acceptors (Lipinski definition) is 6. The van der Waals surface area contributed by atoms with Gasteiger partial charge in [0.05, 0.1) is 19.1 Å². The molecule has 0 bridgehead atoms. The third-order valence-corrected chi connectivity index (χ3v) is 6.70. The van der Waals surface area contributed by atoms with Gasteiger partial charge in [-0.3, -0.25) is 4.79 Å². The molecule has 0 spiro atoms. The molecular formula is C25H37N5O5. The first-order valence-corrected chi connectivity index (χ1v) is 12.2. The molecule has 1 heterocycles. The van der Waals surface area contributed by atoms with Crippen LogP contribution in [0, 0.1) is 5.92 Å². The molecule has 0 unspecified atom stereocenters. The largest absolute Gasteiger partial charge is 0.463 e. The van der Waals surface area contributed by atoms with Crippen molar-refractivity contribution < 1.29 is 23.9 Å². The summed E-state index contributed by atoms with van der Waals surface area (Å²) in [6.45, 7) is 6.43. The van der Waals surface area contributed by atoms with E-state index in [1.54, 1.807) is 0 Å². The van der Waals surface area contributed by atoms with Crippen molar-refractivity contribution in [2.24, 2.45) is 16.6 Å². The molecule has 3 amide bonds. The molecule has 2 N–H and O–H groups in total. The Labute approximate surface area is 207 Å². The number of anilines is 1. The second-order valence-corrected chi connectivity index (χ2v) is 9.37. The van der Waals surface area contributed by atoms with Gasteiger partial charge in [0.15, 0.2) is 0 Å². The van der Waals surface area contributed by atoms with E-state index < -0.39 is 6.09 Å². The number of urea groups is 1. The molecule has 192 valence electrons. The summed E-state index contributed by atoms with van der Waals surface area (Å²) < 4.78 is 9.85. The lowest BCUT2D eigenvalue weighted by atomic mass is 9.85. The number of aliphatic imine (C=N–C) groups is 1.